The number of carboxylic acid groups (broad SMARTS) is 1. The van der Waals surface area contributed by atoms with Crippen molar-refractivity contribution in [3.8, 4) is 0 Å². The summed E-state index contributed by atoms with van der Waals surface area (Å²) in [5.74, 6) is -0.984. The van der Waals surface area contributed by atoms with Gasteiger partial charge in [-0.1, -0.05) is 28.1 Å². The van der Waals surface area contributed by atoms with Gasteiger partial charge in [0.2, 0.25) is 0 Å². The third kappa shape index (κ3) is 2.81. The second kappa shape index (κ2) is 5.39. The van der Waals surface area contributed by atoms with Gasteiger partial charge in [-0.05, 0) is 24.1 Å². The summed E-state index contributed by atoms with van der Waals surface area (Å²) in [6, 6.07) is 6.65. The first kappa shape index (κ1) is 12.9. The van der Waals surface area contributed by atoms with Crippen LogP contribution < -0.4 is 0 Å². The maximum Gasteiger partial charge on any atom is 0.410 e. The topological polar surface area (TPSA) is 66.8 Å². The van der Waals surface area contributed by atoms with Gasteiger partial charge < -0.3 is 9.84 Å². The zero-order chi connectivity index (χ0) is 13.1. The Morgan fingerprint density at radius 3 is 2.56 bits per heavy atom. The fraction of sp³-hybridized carbons (Fsp3) is 0.333. The Bertz CT molecular complexity index is 460. The zero-order valence-electron chi connectivity index (χ0n) is 9.51. The number of carbonyl (C=O) groups is 2. The van der Waals surface area contributed by atoms with E-state index in [4.69, 9.17) is 9.84 Å². The Morgan fingerprint density at radius 1 is 1.39 bits per heavy atom. The molecule has 1 unspecified atom stereocenters. The van der Waals surface area contributed by atoms with Crippen molar-refractivity contribution in [3.63, 3.8) is 0 Å². The lowest BCUT2D eigenvalue weighted by atomic mass is 10.1. The monoisotopic (exact) mass is 313 g/mol. The Labute approximate surface area is 112 Å². The van der Waals surface area contributed by atoms with Crippen LogP contribution in [0.4, 0.5) is 4.79 Å². The zero-order valence-corrected chi connectivity index (χ0v) is 11.1. The van der Waals surface area contributed by atoms with Crippen LogP contribution in [0.5, 0.6) is 0 Å². The molecule has 1 aromatic carbocycles. The normalized spacial score (nSPS) is 18.1. The number of hydrogen-bond donors (Lipinski definition) is 1. The molecule has 1 heterocycles. The third-order valence-electron chi connectivity index (χ3n) is 2.81. The molecule has 5 nitrogen and oxygen atoms in total. The summed E-state index contributed by atoms with van der Waals surface area (Å²) in [6.45, 7) is 0.588. The predicted octanol–water partition coefficient (Wildman–Crippen LogP) is 2.24. The lowest BCUT2D eigenvalue weighted by molar-refractivity contribution is -0.146. The Hall–Kier alpha value is -1.56. The summed E-state index contributed by atoms with van der Waals surface area (Å²) in [7, 11) is 0. The number of hydrogen-bond acceptors (Lipinski definition) is 3. The van der Waals surface area contributed by atoms with Gasteiger partial charge in [-0.15, -0.1) is 0 Å². The van der Waals surface area contributed by atoms with Gasteiger partial charge in [-0.25, -0.2) is 9.59 Å². The molecule has 0 aliphatic carbocycles. The van der Waals surface area contributed by atoms with E-state index in [-0.39, 0.29) is 6.61 Å². The maximum absolute atomic E-state index is 11.6. The minimum atomic E-state index is -0.984. The van der Waals surface area contributed by atoms with Crippen LogP contribution in [-0.4, -0.2) is 34.7 Å². The number of carboxylic acids is 1. The Kier molecular flexibility index (Phi) is 3.86. The molecule has 0 aromatic heterocycles. The van der Waals surface area contributed by atoms with Gasteiger partial charge >= 0.3 is 12.1 Å². The summed E-state index contributed by atoms with van der Waals surface area (Å²) in [6.07, 6.45) is -0.0838. The van der Waals surface area contributed by atoms with Crippen LogP contribution in [0.1, 0.15) is 12.0 Å². The number of carbonyl (C=O) groups excluding carboxylic acids is 1. The Balaban J connectivity index is 1.85. The number of nitrogens with zero attached hydrogens (tertiary/aromatic N) is 1. The molecule has 1 fully saturated rings. The van der Waals surface area contributed by atoms with Gasteiger partial charge in [-0.3, -0.25) is 4.90 Å². The van der Waals surface area contributed by atoms with Crippen LogP contribution in [0.3, 0.4) is 0 Å². The SMILES string of the molecule is O=C(O)C1CCN1C(=O)OCc1ccc(Br)cc1. The van der Waals surface area contributed by atoms with Crippen molar-refractivity contribution in [1.82, 2.24) is 4.90 Å². The molecule has 0 bridgehead atoms. The average Bonchev–Trinajstić information content (AvgIpc) is 2.26. The summed E-state index contributed by atoms with van der Waals surface area (Å²) >= 11 is 3.31. The number of ether oxygens (including phenoxy) is 1. The number of amides is 1. The summed E-state index contributed by atoms with van der Waals surface area (Å²) < 4.78 is 6.01. The Morgan fingerprint density at radius 2 is 2.06 bits per heavy atom. The number of benzene rings is 1. The second-order valence-corrected chi connectivity index (χ2v) is 4.93. The minimum Gasteiger partial charge on any atom is -0.480 e. The fourth-order valence-corrected chi connectivity index (χ4v) is 1.94. The van der Waals surface area contributed by atoms with Crippen molar-refractivity contribution in [2.45, 2.75) is 19.1 Å². The molecular formula is C12H12BrNO4. The van der Waals surface area contributed by atoms with E-state index >= 15 is 0 Å². The van der Waals surface area contributed by atoms with Crippen molar-refractivity contribution in [2.75, 3.05) is 6.54 Å². The largest absolute Gasteiger partial charge is 0.480 e. The highest BCUT2D eigenvalue weighted by Crippen LogP contribution is 2.19. The van der Waals surface area contributed by atoms with Crippen LogP contribution in [0.25, 0.3) is 0 Å². The molecular weight excluding hydrogens is 302 g/mol. The third-order valence-corrected chi connectivity index (χ3v) is 3.34. The average molecular weight is 314 g/mol. The van der Waals surface area contributed by atoms with Crippen molar-refractivity contribution in [3.05, 3.63) is 34.3 Å². The number of aliphatic carboxylic acids is 1. The number of likely N-dealkylation sites (tertiary alicyclic amines) is 1. The van der Waals surface area contributed by atoms with E-state index in [1.807, 2.05) is 24.3 Å². The van der Waals surface area contributed by atoms with Crippen molar-refractivity contribution in [1.29, 1.82) is 0 Å². The molecule has 1 N–H and O–H groups in total. The molecule has 0 saturated carbocycles. The summed E-state index contributed by atoms with van der Waals surface area (Å²) in [4.78, 5) is 23.6. The molecule has 1 atom stereocenters. The molecule has 2 rings (SSSR count). The van der Waals surface area contributed by atoms with Crippen LogP contribution in [-0.2, 0) is 16.1 Å². The number of rotatable bonds is 3. The van der Waals surface area contributed by atoms with Crippen molar-refractivity contribution >= 4 is 28.0 Å². The van der Waals surface area contributed by atoms with Gasteiger partial charge in [0.15, 0.2) is 0 Å². The van der Waals surface area contributed by atoms with Gasteiger partial charge in [0.1, 0.15) is 12.6 Å². The molecule has 1 amide bonds. The van der Waals surface area contributed by atoms with E-state index in [1.54, 1.807) is 0 Å². The lowest BCUT2D eigenvalue weighted by Gasteiger charge is -2.36. The molecule has 1 saturated heterocycles. The summed E-state index contributed by atoms with van der Waals surface area (Å²) in [5, 5.41) is 8.81. The first-order valence-corrected chi connectivity index (χ1v) is 6.28. The van der Waals surface area contributed by atoms with Gasteiger partial charge in [-0.2, -0.15) is 0 Å². The molecule has 0 spiro atoms. The van der Waals surface area contributed by atoms with Crippen molar-refractivity contribution in [2.24, 2.45) is 0 Å². The van der Waals surface area contributed by atoms with Gasteiger partial charge in [0.25, 0.3) is 0 Å². The molecule has 6 heteroatoms. The van der Waals surface area contributed by atoms with E-state index in [1.165, 1.54) is 4.90 Å². The van der Waals surface area contributed by atoms with Crippen molar-refractivity contribution < 1.29 is 19.4 Å². The smallest absolute Gasteiger partial charge is 0.410 e. The van der Waals surface area contributed by atoms with E-state index in [0.29, 0.717) is 13.0 Å². The molecule has 1 aromatic rings. The highest BCUT2D eigenvalue weighted by molar-refractivity contribution is 9.10. The van der Waals surface area contributed by atoms with E-state index in [0.717, 1.165) is 10.0 Å². The van der Waals surface area contributed by atoms with Crippen LogP contribution in [0.15, 0.2) is 28.7 Å². The van der Waals surface area contributed by atoms with Crippen LogP contribution in [0.2, 0.25) is 0 Å². The first-order chi connectivity index (χ1) is 8.58. The standard InChI is InChI=1S/C12H12BrNO4/c13-9-3-1-8(2-4-9)7-18-12(17)14-6-5-10(14)11(15)16/h1-4,10H,5-7H2,(H,15,16). The van der Waals surface area contributed by atoms with Crippen LogP contribution >= 0.6 is 15.9 Å². The molecule has 1 aliphatic heterocycles. The molecule has 1 aliphatic rings. The number of halogens is 1. The molecule has 96 valence electrons. The predicted molar refractivity (Wildman–Crippen MR) is 67.1 cm³/mol. The minimum absolute atomic E-state index is 0.148. The molecule has 0 radical (unpaired) electrons. The second-order valence-electron chi connectivity index (χ2n) is 4.02. The van der Waals surface area contributed by atoms with Crippen LogP contribution in [0, 0.1) is 0 Å². The quantitative estimate of drug-likeness (QED) is 0.929. The summed E-state index contributed by atoms with van der Waals surface area (Å²) in [5.41, 5.74) is 0.860. The van der Waals surface area contributed by atoms with E-state index in [9.17, 15) is 9.59 Å². The fourth-order valence-electron chi connectivity index (χ4n) is 1.67. The van der Waals surface area contributed by atoms with Gasteiger partial charge in [0.05, 0.1) is 0 Å². The van der Waals surface area contributed by atoms with E-state index < -0.39 is 18.1 Å². The highest BCUT2D eigenvalue weighted by atomic mass is 79.9. The maximum atomic E-state index is 11.6. The van der Waals surface area contributed by atoms with E-state index in [2.05, 4.69) is 15.9 Å². The highest BCUT2D eigenvalue weighted by Gasteiger charge is 2.38. The first-order valence-electron chi connectivity index (χ1n) is 5.48. The molecule has 18 heavy (non-hydrogen) atoms. The lowest BCUT2D eigenvalue weighted by Crippen LogP contribution is -2.55. The van der Waals surface area contributed by atoms with Gasteiger partial charge in [0, 0.05) is 11.0 Å².